The number of likely N-dealkylation sites (tertiary alicyclic amines) is 1. The van der Waals surface area contributed by atoms with Crippen LogP contribution in [0.5, 0.6) is 0 Å². The molecule has 0 spiro atoms. The first-order valence-electron chi connectivity index (χ1n) is 9.35. The molecule has 0 bridgehead atoms. The third kappa shape index (κ3) is 3.97. The second-order valence-corrected chi connectivity index (χ2v) is 13.7. The first kappa shape index (κ1) is 20.9. The van der Waals surface area contributed by atoms with Crippen molar-refractivity contribution in [3.05, 3.63) is 28.8 Å². The monoisotopic (exact) mass is 378 g/mol. The van der Waals surface area contributed by atoms with Gasteiger partial charge in [0.25, 0.3) is 5.91 Å². The zero-order valence-corrected chi connectivity index (χ0v) is 18.2. The highest BCUT2D eigenvalue weighted by atomic mass is 28.4. The number of anilines is 1. The Morgan fingerprint density at radius 2 is 1.88 bits per heavy atom. The van der Waals surface area contributed by atoms with Crippen molar-refractivity contribution >= 4 is 19.9 Å². The Bertz CT molecular complexity index is 682. The number of hydrogen-bond donors (Lipinski definition) is 2. The molecule has 26 heavy (non-hydrogen) atoms. The summed E-state index contributed by atoms with van der Waals surface area (Å²) in [5.41, 5.74) is 9.21. The maximum atomic E-state index is 13.1. The molecule has 1 aromatic carbocycles. The lowest BCUT2D eigenvalue weighted by atomic mass is 10.0. The number of aliphatic hydroxyl groups is 1. The number of hydrogen-bond acceptors (Lipinski definition) is 4. The SMILES string of the molecule is Cc1cc(N)c(C(=O)N2CC[C@H](O[Si](C)(C)C(C)(C)C)[C@H]2CO)cc1C. The average molecular weight is 379 g/mol. The minimum atomic E-state index is -1.97. The Kier molecular flexibility index (Phi) is 5.90. The van der Waals surface area contributed by atoms with Crippen molar-refractivity contribution in [2.75, 3.05) is 18.9 Å². The van der Waals surface area contributed by atoms with Crippen molar-refractivity contribution < 1.29 is 14.3 Å². The van der Waals surface area contributed by atoms with Crippen LogP contribution in [0.4, 0.5) is 5.69 Å². The van der Waals surface area contributed by atoms with E-state index in [-0.39, 0.29) is 29.7 Å². The second-order valence-electron chi connectivity index (χ2n) is 8.98. The molecular weight excluding hydrogens is 344 g/mol. The largest absolute Gasteiger partial charge is 0.412 e. The van der Waals surface area contributed by atoms with Crippen molar-refractivity contribution in [2.45, 2.75) is 71.3 Å². The van der Waals surface area contributed by atoms with Gasteiger partial charge in [0.2, 0.25) is 0 Å². The second kappa shape index (κ2) is 7.33. The van der Waals surface area contributed by atoms with Crippen LogP contribution >= 0.6 is 0 Å². The molecule has 1 aromatic rings. The third-order valence-electron chi connectivity index (χ3n) is 6.08. The molecule has 0 aromatic heterocycles. The van der Waals surface area contributed by atoms with Gasteiger partial charge in [0.15, 0.2) is 8.32 Å². The number of rotatable bonds is 4. The quantitative estimate of drug-likeness (QED) is 0.621. The summed E-state index contributed by atoms with van der Waals surface area (Å²) in [6, 6.07) is 3.37. The van der Waals surface area contributed by atoms with Gasteiger partial charge < -0.3 is 20.2 Å². The molecule has 2 rings (SSSR count). The number of nitrogens with zero attached hydrogens (tertiary/aromatic N) is 1. The van der Waals surface area contributed by atoms with Gasteiger partial charge in [-0.05, 0) is 61.7 Å². The van der Waals surface area contributed by atoms with Gasteiger partial charge >= 0.3 is 0 Å². The number of nitrogens with two attached hydrogens (primary N) is 1. The standard InChI is InChI=1S/C20H34N2O3Si/c1-13-10-15(16(21)11-14(13)2)19(24)22-9-8-18(17(22)12-23)25-26(6,7)20(3,4)5/h10-11,17-18,23H,8-9,12,21H2,1-7H3/t17-,18+/m1/s1. The van der Waals surface area contributed by atoms with Crippen molar-refractivity contribution in [3.8, 4) is 0 Å². The smallest absolute Gasteiger partial charge is 0.256 e. The first-order chi connectivity index (χ1) is 11.9. The molecule has 1 aliphatic heterocycles. The number of benzene rings is 1. The van der Waals surface area contributed by atoms with Crippen LogP contribution < -0.4 is 5.73 Å². The minimum Gasteiger partial charge on any atom is -0.412 e. The predicted molar refractivity (Wildman–Crippen MR) is 109 cm³/mol. The first-order valence-corrected chi connectivity index (χ1v) is 12.3. The topological polar surface area (TPSA) is 75.8 Å². The molecule has 3 N–H and O–H groups in total. The molecule has 6 heteroatoms. The molecular formula is C20H34N2O3Si. The predicted octanol–water partition coefficient (Wildman–Crippen LogP) is 3.48. The molecule has 1 amide bonds. The van der Waals surface area contributed by atoms with Crippen LogP contribution in [0.2, 0.25) is 18.1 Å². The van der Waals surface area contributed by atoms with E-state index in [0.29, 0.717) is 17.8 Å². The molecule has 5 nitrogen and oxygen atoms in total. The number of nitrogen functional groups attached to an aromatic ring is 1. The van der Waals surface area contributed by atoms with Gasteiger partial charge in [0, 0.05) is 12.2 Å². The van der Waals surface area contributed by atoms with Gasteiger partial charge in [-0.15, -0.1) is 0 Å². The zero-order valence-electron chi connectivity index (χ0n) is 17.2. The highest BCUT2D eigenvalue weighted by Crippen LogP contribution is 2.39. The van der Waals surface area contributed by atoms with Crippen molar-refractivity contribution in [3.63, 3.8) is 0 Å². The fraction of sp³-hybridized carbons (Fsp3) is 0.650. The fourth-order valence-corrected chi connectivity index (χ4v) is 4.55. The van der Waals surface area contributed by atoms with E-state index >= 15 is 0 Å². The van der Waals surface area contributed by atoms with E-state index in [1.807, 2.05) is 26.0 Å². The maximum absolute atomic E-state index is 13.1. The molecule has 0 saturated carbocycles. The summed E-state index contributed by atoms with van der Waals surface area (Å²) in [4.78, 5) is 14.8. The van der Waals surface area contributed by atoms with Crippen molar-refractivity contribution in [1.29, 1.82) is 0 Å². The zero-order chi connectivity index (χ0) is 19.9. The molecule has 0 unspecified atom stereocenters. The van der Waals surface area contributed by atoms with Gasteiger partial charge in [-0.25, -0.2) is 0 Å². The van der Waals surface area contributed by atoms with E-state index < -0.39 is 8.32 Å². The lowest BCUT2D eigenvalue weighted by Crippen LogP contribution is -2.49. The highest BCUT2D eigenvalue weighted by molar-refractivity contribution is 6.74. The number of carbonyl (C=O) groups is 1. The van der Waals surface area contributed by atoms with Crippen LogP contribution in [0, 0.1) is 13.8 Å². The Balaban J connectivity index is 2.24. The Morgan fingerprint density at radius 1 is 1.31 bits per heavy atom. The Hall–Kier alpha value is -1.37. The van der Waals surface area contributed by atoms with Gasteiger partial charge in [-0.2, -0.15) is 0 Å². The third-order valence-corrected chi connectivity index (χ3v) is 10.6. The molecule has 1 fully saturated rings. The lowest BCUT2D eigenvalue weighted by molar-refractivity contribution is 0.0519. The minimum absolute atomic E-state index is 0.0862. The summed E-state index contributed by atoms with van der Waals surface area (Å²) < 4.78 is 6.51. The number of carbonyl (C=O) groups excluding carboxylic acids is 1. The average Bonchev–Trinajstić information content (AvgIpc) is 2.91. The molecule has 1 saturated heterocycles. The van der Waals surface area contributed by atoms with Crippen molar-refractivity contribution in [1.82, 2.24) is 4.90 Å². The maximum Gasteiger partial charge on any atom is 0.256 e. The van der Waals surface area contributed by atoms with Crippen molar-refractivity contribution in [2.24, 2.45) is 0 Å². The fourth-order valence-electron chi connectivity index (χ4n) is 3.16. The molecule has 2 atom stereocenters. The summed E-state index contributed by atoms with van der Waals surface area (Å²) >= 11 is 0. The van der Waals surface area contributed by atoms with Crippen LogP contribution in [0.1, 0.15) is 48.7 Å². The lowest BCUT2D eigenvalue weighted by Gasteiger charge is -2.40. The van der Waals surface area contributed by atoms with E-state index in [2.05, 4.69) is 33.9 Å². The van der Waals surface area contributed by atoms with E-state index in [1.54, 1.807) is 4.90 Å². The summed E-state index contributed by atoms with van der Waals surface area (Å²) in [6.45, 7) is 15.4. The van der Waals surface area contributed by atoms with Crippen LogP contribution in [0.25, 0.3) is 0 Å². The normalized spacial score (nSPS) is 21.3. The number of aryl methyl sites for hydroxylation is 2. The summed E-state index contributed by atoms with van der Waals surface area (Å²) in [5.74, 6) is -0.119. The van der Waals surface area contributed by atoms with E-state index in [9.17, 15) is 9.90 Å². The molecule has 0 radical (unpaired) electrons. The number of amides is 1. The highest BCUT2D eigenvalue weighted by Gasteiger charge is 2.45. The molecule has 146 valence electrons. The van der Waals surface area contributed by atoms with Crippen LogP contribution in [0.3, 0.4) is 0 Å². The van der Waals surface area contributed by atoms with E-state index in [1.165, 1.54) is 0 Å². The molecule has 1 aliphatic rings. The number of aliphatic hydroxyl groups excluding tert-OH is 1. The summed E-state index contributed by atoms with van der Waals surface area (Å²) in [7, 11) is -1.97. The van der Waals surface area contributed by atoms with E-state index in [0.717, 1.165) is 17.5 Å². The van der Waals surface area contributed by atoms with Crippen LogP contribution in [-0.4, -0.2) is 49.5 Å². The van der Waals surface area contributed by atoms with Gasteiger partial charge in [0.05, 0.1) is 24.3 Å². The molecule has 1 heterocycles. The van der Waals surface area contributed by atoms with Gasteiger partial charge in [0.1, 0.15) is 0 Å². The van der Waals surface area contributed by atoms with Crippen LogP contribution in [0.15, 0.2) is 12.1 Å². The van der Waals surface area contributed by atoms with Crippen LogP contribution in [-0.2, 0) is 4.43 Å². The summed E-state index contributed by atoms with van der Waals surface area (Å²) in [6.07, 6.45) is 0.617. The Morgan fingerprint density at radius 3 is 2.42 bits per heavy atom. The summed E-state index contributed by atoms with van der Waals surface area (Å²) in [5, 5.41) is 10.1. The Labute approximate surface area is 158 Å². The molecule has 0 aliphatic carbocycles. The van der Waals surface area contributed by atoms with Gasteiger partial charge in [-0.1, -0.05) is 20.8 Å². The van der Waals surface area contributed by atoms with Gasteiger partial charge in [-0.3, -0.25) is 4.79 Å². The van der Waals surface area contributed by atoms with E-state index in [4.69, 9.17) is 10.2 Å².